The molecule has 1 unspecified atom stereocenters. The number of nitrogens with one attached hydrogen (secondary N) is 2. The molecule has 2 amide bonds. The summed E-state index contributed by atoms with van der Waals surface area (Å²) in [5, 5.41) is 6.63. The van der Waals surface area contributed by atoms with E-state index >= 15 is 0 Å². The second-order valence-electron chi connectivity index (χ2n) is 8.01. The molecule has 27 heavy (non-hydrogen) atoms. The molecule has 0 bridgehead atoms. The molecule has 3 heterocycles. The van der Waals surface area contributed by atoms with E-state index in [1.54, 1.807) is 12.3 Å². The molecule has 0 fully saturated rings. The largest absolute Gasteiger partial charge is 0.466 e. The number of rotatable bonds is 3. The lowest BCUT2D eigenvalue weighted by molar-refractivity contribution is 0.214. The Morgan fingerprint density at radius 1 is 1.41 bits per heavy atom. The van der Waals surface area contributed by atoms with Gasteiger partial charge in [0.05, 0.1) is 23.3 Å². The highest BCUT2D eigenvalue weighted by molar-refractivity contribution is 6.30. The van der Waals surface area contributed by atoms with Crippen molar-refractivity contribution in [3.63, 3.8) is 0 Å². The molecule has 1 aliphatic rings. The van der Waals surface area contributed by atoms with E-state index in [4.69, 9.17) is 16.0 Å². The molecule has 2 N–H and O–H groups in total. The summed E-state index contributed by atoms with van der Waals surface area (Å²) >= 11 is 5.99. The molecular weight excluding hydrogens is 364 g/mol. The maximum atomic E-state index is 12.5. The van der Waals surface area contributed by atoms with Crippen LogP contribution >= 0.6 is 11.6 Å². The van der Waals surface area contributed by atoms with Gasteiger partial charge in [0.2, 0.25) is 0 Å². The third-order valence-corrected chi connectivity index (χ3v) is 5.16. The zero-order valence-electron chi connectivity index (χ0n) is 15.7. The molecule has 3 aromatic heterocycles. The number of hydrogen-bond donors (Lipinski definition) is 2. The number of nitrogens with zero attached hydrogens (tertiary/aromatic N) is 2. The van der Waals surface area contributed by atoms with Gasteiger partial charge in [-0.15, -0.1) is 0 Å². The van der Waals surface area contributed by atoms with Crippen LogP contribution in [0.15, 0.2) is 35.0 Å². The molecule has 1 atom stereocenters. The van der Waals surface area contributed by atoms with Crippen molar-refractivity contribution >= 4 is 23.3 Å². The van der Waals surface area contributed by atoms with Gasteiger partial charge in [-0.25, -0.2) is 9.78 Å². The highest BCUT2D eigenvalue weighted by atomic mass is 35.5. The van der Waals surface area contributed by atoms with Gasteiger partial charge in [-0.3, -0.25) is 0 Å². The minimum absolute atomic E-state index is 0.0546. The van der Waals surface area contributed by atoms with Crippen molar-refractivity contribution < 1.29 is 9.21 Å². The minimum atomic E-state index is -0.211. The Balaban J connectivity index is 1.43. The number of fused-ring (bicyclic) bond motifs is 2. The lowest BCUT2D eigenvalue weighted by Crippen LogP contribution is -2.41. The van der Waals surface area contributed by atoms with Crippen molar-refractivity contribution in [2.75, 3.05) is 0 Å². The molecule has 0 saturated heterocycles. The Labute approximate surface area is 162 Å². The van der Waals surface area contributed by atoms with Crippen LogP contribution in [-0.2, 0) is 13.0 Å². The van der Waals surface area contributed by atoms with Crippen LogP contribution in [0.4, 0.5) is 4.79 Å². The first-order valence-corrected chi connectivity index (χ1v) is 9.44. The lowest BCUT2D eigenvalue weighted by Gasteiger charge is -2.34. The molecule has 0 aromatic carbocycles. The van der Waals surface area contributed by atoms with Gasteiger partial charge < -0.3 is 19.5 Å². The number of urea groups is 1. The third-order valence-electron chi connectivity index (χ3n) is 4.94. The van der Waals surface area contributed by atoms with E-state index in [9.17, 15) is 4.79 Å². The number of aromatic nitrogens is 2. The van der Waals surface area contributed by atoms with Crippen molar-refractivity contribution in [2.24, 2.45) is 5.41 Å². The fourth-order valence-corrected chi connectivity index (χ4v) is 3.96. The summed E-state index contributed by atoms with van der Waals surface area (Å²) in [7, 11) is 0. The Bertz CT molecular complexity index is 1000. The molecule has 7 heteroatoms. The van der Waals surface area contributed by atoms with Gasteiger partial charge in [0.1, 0.15) is 17.2 Å². The first-order valence-electron chi connectivity index (χ1n) is 9.06. The van der Waals surface area contributed by atoms with Crippen LogP contribution < -0.4 is 10.6 Å². The number of furan rings is 1. The van der Waals surface area contributed by atoms with E-state index in [0.29, 0.717) is 11.6 Å². The van der Waals surface area contributed by atoms with Gasteiger partial charge in [0, 0.05) is 24.4 Å². The highest BCUT2D eigenvalue weighted by Gasteiger charge is 2.35. The average Bonchev–Trinajstić information content (AvgIpc) is 3.13. The number of amides is 2. The van der Waals surface area contributed by atoms with E-state index in [1.807, 2.05) is 29.7 Å². The number of aryl methyl sites for hydroxylation is 1. The molecule has 0 spiro atoms. The number of pyridine rings is 1. The minimum Gasteiger partial charge on any atom is -0.466 e. The van der Waals surface area contributed by atoms with Crippen molar-refractivity contribution in [3.8, 4) is 0 Å². The number of carbonyl (C=O) groups is 1. The lowest BCUT2D eigenvalue weighted by atomic mass is 9.75. The number of imidazole rings is 1. The van der Waals surface area contributed by atoms with Crippen LogP contribution in [-0.4, -0.2) is 15.4 Å². The Morgan fingerprint density at radius 2 is 2.22 bits per heavy atom. The van der Waals surface area contributed by atoms with Gasteiger partial charge in [-0.05, 0) is 37.0 Å². The molecule has 0 aliphatic heterocycles. The average molecular weight is 387 g/mol. The zero-order chi connectivity index (χ0) is 19.2. The summed E-state index contributed by atoms with van der Waals surface area (Å²) in [6.45, 7) is 6.68. The van der Waals surface area contributed by atoms with E-state index in [2.05, 4.69) is 29.5 Å². The topological polar surface area (TPSA) is 71.6 Å². The van der Waals surface area contributed by atoms with Crippen LogP contribution in [0.5, 0.6) is 0 Å². The summed E-state index contributed by atoms with van der Waals surface area (Å²) < 4.78 is 7.68. The van der Waals surface area contributed by atoms with Crippen molar-refractivity contribution in [1.82, 2.24) is 20.0 Å². The molecular formula is C20H23ClN4O2. The number of halogens is 1. The maximum absolute atomic E-state index is 12.5. The Kier molecular flexibility index (Phi) is 4.38. The van der Waals surface area contributed by atoms with E-state index < -0.39 is 0 Å². The summed E-state index contributed by atoms with van der Waals surface area (Å²) in [5.41, 5.74) is 2.74. The van der Waals surface area contributed by atoms with Gasteiger partial charge in [-0.1, -0.05) is 25.4 Å². The normalized spacial score (nSPS) is 18.3. The van der Waals surface area contributed by atoms with Crippen LogP contribution in [0.3, 0.4) is 0 Å². The smallest absolute Gasteiger partial charge is 0.315 e. The Morgan fingerprint density at radius 3 is 3.04 bits per heavy atom. The van der Waals surface area contributed by atoms with Crippen LogP contribution in [0.2, 0.25) is 5.02 Å². The van der Waals surface area contributed by atoms with Crippen LogP contribution in [0.1, 0.15) is 49.1 Å². The van der Waals surface area contributed by atoms with Gasteiger partial charge in [0.15, 0.2) is 0 Å². The molecule has 0 radical (unpaired) electrons. The molecule has 6 nitrogen and oxygen atoms in total. The molecule has 1 aliphatic carbocycles. The number of carbonyl (C=O) groups excluding carboxylic acids is 1. The standard InChI is InChI=1S/C20H23ClN4O2/c1-12-6-15-16(7-20(2,3)8-17(15)27-12)24-19(26)22-9-14-11-25-10-13(21)4-5-18(25)23-14/h4-6,10-11,16H,7-9H2,1-3H3,(H2,22,24,26). The van der Waals surface area contributed by atoms with Crippen LogP contribution in [0.25, 0.3) is 5.65 Å². The third kappa shape index (κ3) is 3.81. The second kappa shape index (κ2) is 6.60. The first-order chi connectivity index (χ1) is 12.8. The Hall–Kier alpha value is -2.47. The van der Waals surface area contributed by atoms with E-state index in [1.165, 1.54) is 0 Å². The summed E-state index contributed by atoms with van der Waals surface area (Å²) in [6, 6.07) is 5.40. The van der Waals surface area contributed by atoms with Crippen LogP contribution in [0, 0.1) is 12.3 Å². The summed E-state index contributed by atoms with van der Waals surface area (Å²) in [5.74, 6) is 1.86. The van der Waals surface area contributed by atoms with Crippen molar-refractivity contribution in [3.05, 3.63) is 58.4 Å². The predicted molar refractivity (Wildman–Crippen MR) is 104 cm³/mol. The molecule has 4 rings (SSSR count). The van der Waals surface area contributed by atoms with Gasteiger partial charge in [0.25, 0.3) is 0 Å². The monoisotopic (exact) mass is 386 g/mol. The fourth-order valence-electron chi connectivity index (χ4n) is 3.80. The van der Waals surface area contributed by atoms with Gasteiger partial charge >= 0.3 is 6.03 Å². The predicted octanol–water partition coefficient (Wildman–Crippen LogP) is 4.40. The van der Waals surface area contributed by atoms with Crippen molar-refractivity contribution in [2.45, 2.75) is 46.2 Å². The van der Waals surface area contributed by atoms with E-state index in [-0.39, 0.29) is 17.5 Å². The zero-order valence-corrected chi connectivity index (χ0v) is 16.4. The summed E-state index contributed by atoms with van der Waals surface area (Å²) in [6.07, 6.45) is 5.42. The quantitative estimate of drug-likeness (QED) is 0.700. The summed E-state index contributed by atoms with van der Waals surface area (Å²) in [4.78, 5) is 17.0. The van der Waals surface area contributed by atoms with Crippen molar-refractivity contribution in [1.29, 1.82) is 0 Å². The molecule has 142 valence electrons. The first kappa shape index (κ1) is 17.9. The van der Waals surface area contributed by atoms with E-state index in [0.717, 1.165) is 41.3 Å². The maximum Gasteiger partial charge on any atom is 0.315 e. The SMILES string of the molecule is Cc1cc2c(o1)CC(C)(C)CC2NC(=O)NCc1cn2cc(Cl)ccc2n1. The fraction of sp³-hybridized carbons (Fsp3) is 0.400. The molecule has 3 aromatic rings. The molecule has 0 saturated carbocycles. The second-order valence-corrected chi connectivity index (χ2v) is 8.44. The number of hydrogen-bond acceptors (Lipinski definition) is 3. The highest BCUT2D eigenvalue weighted by Crippen LogP contribution is 2.41. The van der Waals surface area contributed by atoms with Gasteiger partial charge in [-0.2, -0.15) is 0 Å².